The zero-order chi connectivity index (χ0) is 15.7. The molecule has 20 heavy (non-hydrogen) atoms. The fourth-order valence-electron chi connectivity index (χ4n) is 1.64. The van der Waals surface area contributed by atoms with Gasteiger partial charge in [-0.3, -0.25) is 4.72 Å². The summed E-state index contributed by atoms with van der Waals surface area (Å²) in [5, 5.41) is 9.12. The zero-order valence-electron chi connectivity index (χ0n) is 12.3. The smallest absolute Gasteiger partial charge is 0.336 e. The van der Waals surface area contributed by atoms with Gasteiger partial charge in [0.1, 0.15) is 0 Å². The Balaban J connectivity index is 3.20. The lowest BCUT2D eigenvalue weighted by Gasteiger charge is -2.22. The SMILES string of the molecule is Cc1cc(NS(=O)(=O)N(C)C(C)C)cc(C(=O)O)c1C. The number of aryl methyl sites for hydroxylation is 1. The molecule has 112 valence electrons. The Morgan fingerprint density at radius 2 is 1.85 bits per heavy atom. The average molecular weight is 300 g/mol. The van der Waals surface area contributed by atoms with E-state index in [4.69, 9.17) is 5.11 Å². The zero-order valence-corrected chi connectivity index (χ0v) is 13.1. The second kappa shape index (κ2) is 5.80. The van der Waals surface area contributed by atoms with Crippen LogP contribution in [0, 0.1) is 13.8 Å². The van der Waals surface area contributed by atoms with E-state index in [9.17, 15) is 13.2 Å². The average Bonchev–Trinajstić information content (AvgIpc) is 2.31. The Bertz CT molecular complexity index is 624. The van der Waals surface area contributed by atoms with Gasteiger partial charge in [-0.2, -0.15) is 12.7 Å². The number of carbonyl (C=O) groups is 1. The number of aromatic carboxylic acids is 1. The van der Waals surface area contributed by atoms with E-state index in [-0.39, 0.29) is 17.3 Å². The van der Waals surface area contributed by atoms with Crippen molar-refractivity contribution in [3.05, 3.63) is 28.8 Å². The lowest BCUT2D eigenvalue weighted by molar-refractivity contribution is 0.0696. The van der Waals surface area contributed by atoms with E-state index in [0.717, 1.165) is 5.56 Å². The van der Waals surface area contributed by atoms with Gasteiger partial charge in [-0.05, 0) is 51.0 Å². The molecule has 0 aliphatic heterocycles. The second-order valence-electron chi connectivity index (χ2n) is 4.99. The van der Waals surface area contributed by atoms with Crippen LogP contribution in [0.15, 0.2) is 12.1 Å². The highest BCUT2D eigenvalue weighted by Crippen LogP contribution is 2.21. The van der Waals surface area contributed by atoms with Crippen LogP contribution in [0.3, 0.4) is 0 Å². The number of anilines is 1. The van der Waals surface area contributed by atoms with Gasteiger partial charge < -0.3 is 5.11 Å². The summed E-state index contributed by atoms with van der Waals surface area (Å²) in [6.07, 6.45) is 0. The maximum absolute atomic E-state index is 12.1. The van der Waals surface area contributed by atoms with Crippen LogP contribution in [0.25, 0.3) is 0 Å². The van der Waals surface area contributed by atoms with Gasteiger partial charge in [-0.1, -0.05) is 0 Å². The van der Waals surface area contributed by atoms with Gasteiger partial charge in [-0.25, -0.2) is 4.79 Å². The fourth-order valence-corrected chi connectivity index (χ4v) is 2.75. The molecule has 0 aliphatic carbocycles. The van der Waals surface area contributed by atoms with Crippen molar-refractivity contribution in [3.63, 3.8) is 0 Å². The molecular weight excluding hydrogens is 280 g/mol. The van der Waals surface area contributed by atoms with Crippen LogP contribution >= 0.6 is 0 Å². The molecule has 1 rings (SSSR count). The summed E-state index contributed by atoms with van der Waals surface area (Å²) in [4.78, 5) is 11.1. The summed E-state index contributed by atoms with van der Waals surface area (Å²) in [5.41, 5.74) is 1.68. The largest absolute Gasteiger partial charge is 0.478 e. The molecule has 0 spiro atoms. The lowest BCUT2D eigenvalue weighted by atomic mass is 10.0. The maximum Gasteiger partial charge on any atom is 0.336 e. The van der Waals surface area contributed by atoms with Gasteiger partial charge in [0.25, 0.3) is 0 Å². The number of carboxylic acids is 1. The summed E-state index contributed by atoms with van der Waals surface area (Å²) >= 11 is 0. The van der Waals surface area contributed by atoms with Crippen molar-refractivity contribution in [2.75, 3.05) is 11.8 Å². The number of nitrogens with zero attached hydrogens (tertiary/aromatic N) is 1. The number of rotatable bonds is 5. The predicted octanol–water partition coefficient (Wildman–Crippen LogP) is 2.00. The normalized spacial score (nSPS) is 11.9. The van der Waals surface area contributed by atoms with Crippen molar-refractivity contribution in [2.24, 2.45) is 0 Å². The summed E-state index contributed by atoms with van der Waals surface area (Å²) in [7, 11) is -2.23. The Labute approximate surface area is 119 Å². The van der Waals surface area contributed by atoms with Crippen LogP contribution in [0.5, 0.6) is 0 Å². The highest BCUT2D eigenvalue weighted by atomic mass is 32.2. The molecule has 0 saturated heterocycles. The molecule has 0 bridgehead atoms. The predicted molar refractivity (Wildman–Crippen MR) is 78.3 cm³/mol. The van der Waals surface area contributed by atoms with Crippen LogP contribution in [-0.4, -0.2) is 36.9 Å². The monoisotopic (exact) mass is 300 g/mol. The van der Waals surface area contributed by atoms with Crippen molar-refractivity contribution in [1.82, 2.24) is 4.31 Å². The summed E-state index contributed by atoms with van der Waals surface area (Å²) in [6, 6.07) is 2.75. The first-order chi connectivity index (χ1) is 9.06. The van der Waals surface area contributed by atoms with Crippen LogP contribution in [0.1, 0.15) is 35.3 Å². The molecule has 0 saturated carbocycles. The molecule has 6 nitrogen and oxygen atoms in total. The molecule has 0 amide bonds. The van der Waals surface area contributed by atoms with Gasteiger partial charge in [0, 0.05) is 13.1 Å². The molecule has 0 aliphatic rings. The summed E-state index contributed by atoms with van der Waals surface area (Å²) in [6.45, 7) is 6.94. The summed E-state index contributed by atoms with van der Waals surface area (Å²) in [5.74, 6) is -1.08. The quantitative estimate of drug-likeness (QED) is 0.870. The van der Waals surface area contributed by atoms with Gasteiger partial charge in [-0.15, -0.1) is 0 Å². The Morgan fingerprint density at radius 1 is 1.30 bits per heavy atom. The minimum Gasteiger partial charge on any atom is -0.478 e. The van der Waals surface area contributed by atoms with Crippen molar-refractivity contribution < 1.29 is 18.3 Å². The molecule has 0 fully saturated rings. The van der Waals surface area contributed by atoms with Crippen LogP contribution < -0.4 is 4.72 Å². The number of benzene rings is 1. The van der Waals surface area contributed by atoms with Crippen LogP contribution in [0.2, 0.25) is 0 Å². The first-order valence-corrected chi connectivity index (χ1v) is 7.60. The summed E-state index contributed by atoms with van der Waals surface area (Å²) < 4.78 is 27.8. The van der Waals surface area contributed by atoms with Crippen molar-refractivity contribution in [1.29, 1.82) is 0 Å². The molecular formula is C13H20N2O4S. The number of hydrogen-bond acceptors (Lipinski definition) is 3. The Morgan fingerprint density at radius 3 is 2.30 bits per heavy atom. The van der Waals surface area contributed by atoms with E-state index >= 15 is 0 Å². The van der Waals surface area contributed by atoms with Crippen LogP contribution in [-0.2, 0) is 10.2 Å². The Hall–Kier alpha value is -1.60. The molecule has 0 heterocycles. The van der Waals surface area contributed by atoms with Gasteiger partial charge >= 0.3 is 16.2 Å². The van der Waals surface area contributed by atoms with E-state index in [0.29, 0.717) is 5.56 Å². The first kappa shape index (κ1) is 16.5. The molecule has 7 heteroatoms. The van der Waals surface area contributed by atoms with E-state index in [1.165, 1.54) is 17.4 Å². The van der Waals surface area contributed by atoms with Crippen LogP contribution in [0.4, 0.5) is 5.69 Å². The van der Waals surface area contributed by atoms with Crippen molar-refractivity contribution in [2.45, 2.75) is 33.7 Å². The lowest BCUT2D eigenvalue weighted by Crippen LogP contribution is -2.37. The van der Waals surface area contributed by atoms with E-state index < -0.39 is 16.2 Å². The van der Waals surface area contributed by atoms with Crippen molar-refractivity contribution >= 4 is 21.9 Å². The van der Waals surface area contributed by atoms with E-state index in [2.05, 4.69) is 4.72 Å². The molecule has 0 unspecified atom stereocenters. The standard InChI is InChI=1S/C13H20N2O4S/c1-8(2)15(5)20(18,19)14-11-6-9(3)10(4)12(7-11)13(16)17/h6-8,14H,1-5H3,(H,16,17). The highest BCUT2D eigenvalue weighted by Gasteiger charge is 2.21. The third kappa shape index (κ3) is 3.49. The molecule has 1 aromatic carbocycles. The first-order valence-electron chi connectivity index (χ1n) is 6.16. The maximum atomic E-state index is 12.1. The molecule has 0 aromatic heterocycles. The number of carboxylic acid groups (broad SMARTS) is 1. The van der Waals surface area contributed by atoms with E-state index in [1.54, 1.807) is 33.8 Å². The minimum absolute atomic E-state index is 0.0925. The molecule has 0 atom stereocenters. The van der Waals surface area contributed by atoms with Gasteiger partial charge in [0.05, 0.1) is 11.3 Å². The highest BCUT2D eigenvalue weighted by molar-refractivity contribution is 7.90. The third-order valence-corrected chi connectivity index (χ3v) is 4.92. The van der Waals surface area contributed by atoms with Crippen molar-refractivity contribution in [3.8, 4) is 0 Å². The van der Waals surface area contributed by atoms with E-state index in [1.807, 2.05) is 0 Å². The minimum atomic E-state index is -3.69. The molecule has 2 N–H and O–H groups in total. The molecule has 1 aromatic rings. The number of hydrogen-bond donors (Lipinski definition) is 2. The molecule has 0 radical (unpaired) electrons. The van der Waals surface area contributed by atoms with Gasteiger partial charge in [0.2, 0.25) is 0 Å². The fraction of sp³-hybridized carbons (Fsp3) is 0.462. The van der Waals surface area contributed by atoms with Gasteiger partial charge in [0.15, 0.2) is 0 Å². The topological polar surface area (TPSA) is 86.7 Å². The second-order valence-corrected chi connectivity index (χ2v) is 6.72. The number of nitrogens with one attached hydrogen (secondary N) is 1. The Kier molecular flexibility index (Phi) is 4.77. The third-order valence-electron chi connectivity index (χ3n) is 3.25.